The molecule has 1 aromatic heterocycles. The van der Waals surface area contributed by atoms with E-state index in [1.165, 1.54) is 0 Å². The number of rotatable bonds is 3. The SMILES string of the molecule is CCC(N)Cn1ccc(C)n1. The summed E-state index contributed by atoms with van der Waals surface area (Å²) in [5, 5.41) is 4.24. The van der Waals surface area contributed by atoms with Crippen molar-refractivity contribution in [1.29, 1.82) is 0 Å². The van der Waals surface area contributed by atoms with Crippen LogP contribution in [0.3, 0.4) is 0 Å². The van der Waals surface area contributed by atoms with E-state index in [4.69, 9.17) is 5.73 Å². The molecule has 0 saturated heterocycles. The van der Waals surface area contributed by atoms with Crippen LogP contribution >= 0.6 is 0 Å². The van der Waals surface area contributed by atoms with Crippen molar-refractivity contribution in [3.63, 3.8) is 0 Å². The van der Waals surface area contributed by atoms with Gasteiger partial charge in [-0.1, -0.05) is 6.92 Å². The van der Waals surface area contributed by atoms with Gasteiger partial charge in [-0.05, 0) is 19.4 Å². The predicted molar refractivity (Wildman–Crippen MR) is 45.2 cm³/mol. The number of hydrogen-bond acceptors (Lipinski definition) is 2. The Labute approximate surface area is 67.2 Å². The highest BCUT2D eigenvalue weighted by molar-refractivity contribution is 4.94. The van der Waals surface area contributed by atoms with Gasteiger partial charge in [-0.2, -0.15) is 5.10 Å². The Morgan fingerprint density at radius 2 is 2.45 bits per heavy atom. The van der Waals surface area contributed by atoms with E-state index in [1.54, 1.807) is 0 Å². The molecule has 0 aromatic carbocycles. The van der Waals surface area contributed by atoms with Crippen molar-refractivity contribution >= 4 is 0 Å². The average Bonchev–Trinajstić information content (AvgIpc) is 2.35. The van der Waals surface area contributed by atoms with Crippen molar-refractivity contribution in [2.45, 2.75) is 32.9 Å². The molecule has 3 nitrogen and oxygen atoms in total. The monoisotopic (exact) mass is 153 g/mol. The lowest BCUT2D eigenvalue weighted by atomic mass is 10.2. The summed E-state index contributed by atoms with van der Waals surface area (Å²) in [5.41, 5.74) is 6.80. The second-order valence-electron chi connectivity index (χ2n) is 2.85. The van der Waals surface area contributed by atoms with E-state index in [0.717, 1.165) is 18.7 Å². The van der Waals surface area contributed by atoms with Crippen molar-refractivity contribution in [3.8, 4) is 0 Å². The molecule has 62 valence electrons. The Morgan fingerprint density at radius 1 is 1.73 bits per heavy atom. The van der Waals surface area contributed by atoms with Gasteiger partial charge in [0.2, 0.25) is 0 Å². The van der Waals surface area contributed by atoms with Crippen molar-refractivity contribution in [3.05, 3.63) is 18.0 Å². The standard InChI is InChI=1S/C8H15N3/c1-3-8(9)6-11-5-4-7(2)10-11/h4-5,8H,3,6,9H2,1-2H3. The Kier molecular flexibility index (Phi) is 2.65. The van der Waals surface area contributed by atoms with Crippen LogP contribution in [0.1, 0.15) is 19.0 Å². The molecular weight excluding hydrogens is 138 g/mol. The van der Waals surface area contributed by atoms with Crippen molar-refractivity contribution < 1.29 is 0 Å². The largest absolute Gasteiger partial charge is 0.326 e. The predicted octanol–water partition coefficient (Wildman–Crippen LogP) is 0.929. The molecule has 0 saturated carbocycles. The average molecular weight is 153 g/mol. The summed E-state index contributed by atoms with van der Waals surface area (Å²) in [6.07, 6.45) is 2.96. The number of nitrogens with two attached hydrogens (primary N) is 1. The van der Waals surface area contributed by atoms with E-state index in [2.05, 4.69) is 12.0 Å². The highest BCUT2D eigenvalue weighted by atomic mass is 15.3. The van der Waals surface area contributed by atoms with E-state index in [-0.39, 0.29) is 6.04 Å². The molecule has 2 N–H and O–H groups in total. The summed E-state index contributed by atoms with van der Waals surface area (Å²) in [5.74, 6) is 0. The molecule has 0 bridgehead atoms. The van der Waals surface area contributed by atoms with Crippen LogP contribution in [-0.2, 0) is 6.54 Å². The number of hydrogen-bond donors (Lipinski definition) is 1. The normalized spacial score (nSPS) is 13.4. The molecule has 0 aliphatic rings. The maximum absolute atomic E-state index is 5.75. The van der Waals surface area contributed by atoms with Crippen LogP contribution < -0.4 is 5.73 Å². The number of nitrogens with zero attached hydrogens (tertiary/aromatic N) is 2. The van der Waals surface area contributed by atoms with Gasteiger partial charge in [-0.3, -0.25) is 4.68 Å². The third-order valence-corrected chi connectivity index (χ3v) is 1.72. The van der Waals surface area contributed by atoms with Crippen molar-refractivity contribution in [2.24, 2.45) is 5.73 Å². The van der Waals surface area contributed by atoms with E-state index in [9.17, 15) is 0 Å². The van der Waals surface area contributed by atoms with Gasteiger partial charge >= 0.3 is 0 Å². The maximum atomic E-state index is 5.75. The molecule has 3 heteroatoms. The smallest absolute Gasteiger partial charge is 0.0593 e. The first kappa shape index (κ1) is 8.27. The molecule has 0 fully saturated rings. The Bertz CT molecular complexity index is 217. The third kappa shape index (κ3) is 2.35. The molecule has 11 heavy (non-hydrogen) atoms. The van der Waals surface area contributed by atoms with Gasteiger partial charge in [0.15, 0.2) is 0 Å². The van der Waals surface area contributed by atoms with Gasteiger partial charge in [-0.25, -0.2) is 0 Å². The second-order valence-corrected chi connectivity index (χ2v) is 2.85. The van der Waals surface area contributed by atoms with Crippen molar-refractivity contribution in [1.82, 2.24) is 9.78 Å². The molecule has 0 amide bonds. The molecule has 0 aliphatic heterocycles. The van der Waals surface area contributed by atoms with E-state index >= 15 is 0 Å². The van der Waals surface area contributed by atoms with Gasteiger partial charge in [0.25, 0.3) is 0 Å². The Morgan fingerprint density at radius 3 is 2.91 bits per heavy atom. The number of aryl methyl sites for hydroxylation is 1. The summed E-state index contributed by atoms with van der Waals surface area (Å²) >= 11 is 0. The summed E-state index contributed by atoms with van der Waals surface area (Å²) in [6, 6.07) is 2.22. The first-order valence-corrected chi connectivity index (χ1v) is 3.98. The molecular formula is C8H15N3. The fourth-order valence-corrected chi connectivity index (χ4v) is 0.934. The summed E-state index contributed by atoms with van der Waals surface area (Å²) < 4.78 is 1.89. The molecule has 0 radical (unpaired) electrons. The van der Waals surface area contributed by atoms with Crippen LogP contribution in [-0.4, -0.2) is 15.8 Å². The van der Waals surface area contributed by atoms with Gasteiger partial charge in [0.05, 0.1) is 12.2 Å². The Balaban J connectivity index is 2.50. The van der Waals surface area contributed by atoms with Gasteiger partial charge in [0, 0.05) is 12.2 Å². The third-order valence-electron chi connectivity index (χ3n) is 1.72. The van der Waals surface area contributed by atoms with E-state index < -0.39 is 0 Å². The minimum Gasteiger partial charge on any atom is -0.326 e. The van der Waals surface area contributed by atoms with Crippen LogP contribution in [0.2, 0.25) is 0 Å². The fourth-order valence-electron chi connectivity index (χ4n) is 0.934. The first-order valence-electron chi connectivity index (χ1n) is 3.98. The lowest BCUT2D eigenvalue weighted by Crippen LogP contribution is -2.25. The zero-order chi connectivity index (χ0) is 8.27. The quantitative estimate of drug-likeness (QED) is 0.702. The van der Waals surface area contributed by atoms with Crippen LogP contribution in [0.5, 0.6) is 0 Å². The zero-order valence-electron chi connectivity index (χ0n) is 7.12. The van der Waals surface area contributed by atoms with Crippen LogP contribution in [0.25, 0.3) is 0 Å². The summed E-state index contributed by atoms with van der Waals surface area (Å²) in [4.78, 5) is 0. The Hall–Kier alpha value is -0.830. The van der Waals surface area contributed by atoms with Crippen LogP contribution in [0.15, 0.2) is 12.3 Å². The highest BCUT2D eigenvalue weighted by Crippen LogP contribution is 1.95. The molecule has 1 atom stereocenters. The molecule has 0 spiro atoms. The summed E-state index contributed by atoms with van der Waals surface area (Å²) in [7, 11) is 0. The molecule has 1 unspecified atom stereocenters. The van der Waals surface area contributed by atoms with Crippen molar-refractivity contribution in [2.75, 3.05) is 0 Å². The minimum atomic E-state index is 0.231. The maximum Gasteiger partial charge on any atom is 0.0593 e. The van der Waals surface area contributed by atoms with E-state index in [1.807, 2.05) is 23.9 Å². The molecule has 1 aromatic rings. The van der Waals surface area contributed by atoms with Gasteiger partial charge in [-0.15, -0.1) is 0 Å². The minimum absolute atomic E-state index is 0.231. The lowest BCUT2D eigenvalue weighted by Gasteiger charge is -2.07. The fraction of sp³-hybridized carbons (Fsp3) is 0.625. The van der Waals surface area contributed by atoms with Gasteiger partial charge < -0.3 is 5.73 Å². The molecule has 1 heterocycles. The topological polar surface area (TPSA) is 43.8 Å². The van der Waals surface area contributed by atoms with E-state index in [0.29, 0.717) is 0 Å². The highest BCUT2D eigenvalue weighted by Gasteiger charge is 2.00. The lowest BCUT2D eigenvalue weighted by molar-refractivity contribution is 0.498. The number of aromatic nitrogens is 2. The molecule has 1 rings (SSSR count). The van der Waals surface area contributed by atoms with Crippen LogP contribution in [0, 0.1) is 6.92 Å². The second kappa shape index (κ2) is 3.53. The first-order chi connectivity index (χ1) is 5.22. The van der Waals surface area contributed by atoms with Crippen LogP contribution in [0.4, 0.5) is 0 Å². The molecule has 0 aliphatic carbocycles. The summed E-state index contributed by atoms with van der Waals surface area (Å²) in [6.45, 7) is 4.89. The zero-order valence-corrected chi connectivity index (χ0v) is 7.12. The van der Waals surface area contributed by atoms with Gasteiger partial charge in [0.1, 0.15) is 0 Å².